The van der Waals surface area contributed by atoms with Gasteiger partial charge in [-0.2, -0.15) is 0 Å². The molecule has 0 amide bonds. The summed E-state index contributed by atoms with van der Waals surface area (Å²) in [4.78, 5) is 5.12. The van der Waals surface area contributed by atoms with Crippen molar-refractivity contribution in [3.8, 4) is 0 Å². The SMILES string of the molecule is CC(C)(C)[C@@H]1N=C(c2ccccc2P(c2ccccc2)c2ccccc2)OC1(C)C. The lowest BCUT2D eigenvalue weighted by Crippen LogP contribution is -2.42. The minimum atomic E-state index is -0.717. The molecule has 0 spiro atoms. The van der Waals surface area contributed by atoms with E-state index in [0.717, 1.165) is 11.5 Å². The minimum Gasteiger partial charge on any atom is -0.469 e. The van der Waals surface area contributed by atoms with Gasteiger partial charge < -0.3 is 4.74 Å². The van der Waals surface area contributed by atoms with Gasteiger partial charge in [-0.3, -0.25) is 0 Å². The average Bonchev–Trinajstić information content (AvgIpc) is 3.06. The van der Waals surface area contributed by atoms with Crippen LogP contribution in [0.3, 0.4) is 0 Å². The maximum absolute atomic E-state index is 6.50. The van der Waals surface area contributed by atoms with E-state index in [1.807, 2.05) is 0 Å². The molecule has 0 fully saturated rings. The highest BCUT2D eigenvalue weighted by molar-refractivity contribution is 7.80. The Balaban J connectivity index is 1.86. The van der Waals surface area contributed by atoms with E-state index in [0.29, 0.717) is 0 Å². The zero-order valence-electron chi connectivity index (χ0n) is 18.5. The summed E-state index contributed by atoms with van der Waals surface area (Å²) in [5, 5.41) is 3.95. The van der Waals surface area contributed by atoms with Gasteiger partial charge in [0.25, 0.3) is 0 Å². The van der Waals surface area contributed by atoms with Crippen molar-refractivity contribution in [3.63, 3.8) is 0 Å². The minimum absolute atomic E-state index is 0.0315. The van der Waals surface area contributed by atoms with Crippen LogP contribution < -0.4 is 15.9 Å². The van der Waals surface area contributed by atoms with Gasteiger partial charge >= 0.3 is 0 Å². The Morgan fingerprint density at radius 2 is 1.27 bits per heavy atom. The Morgan fingerprint density at radius 3 is 1.77 bits per heavy atom. The van der Waals surface area contributed by atoms with Crippen molar-refractivity contribution in [1.29, 1.82) is 0 Å². The normalized spacial score (nSPS) is 18.2. The fourth-order valence-corrected chi connectivity index (χ4v) is 6.84. The summed E-state index contributed by atoms with van der Waals surface area (Å²) in [5.41, 5.74) is 0.809. The zero-order valence-corrected chi connectivity index (χ0v) is 19.4. The summed E-state index contributed by atoms with van der Waals surface area (Å²) in [5.74, 6) is 0.773. The number of ether oxygens (including phenoxy) is 1. The molecule has 0 radical (unpaired) electrons. The van der Waals surface area contributed by atoms with Gasteiger partial charge in [0.2, 0.25) is 5.90 Å². The van der Waals surface area contributed by atoms with Crippen LogP contribution in [0.4, 0.5) is 0 Å². The van der Waals surface area contributed by atoms with E-state index in [1.165, 1.54) is 15.9 Å². The number of rotatable bonds is 4. The summed E-state index contributed by atoms with van der Waals surface area (Å²) in [6, 6.07) is 30.3. The molecule has 0 unspecified atom stereocenters. The predicted octanol–water partition coefficient (Wildman–Crippen LogP) is 5.41. The smallest absolute Gasteiger partial charge is 0.217 e. The number of hydrogen-bond donors (Lipinski definition) is 0. The molecule has 2 nitrogen and oxygen atoms in total. The van der Waals surface area contributed by atoms with E-state index in [2.05, 4.69) is 120 Å². The second-order valence-electron chi connectivity index (χ2n) is 9.43. The Kier molecular flexibility index (Phi) is 5.55. The quantitative estimate of drug-likeness (QED) is 0.522. The van der Waals surface area contributed by atoms with Crippen molar-refractivity contribution in [2.24, 2.45) is 10.4 Å². The van der Waals surface area contributed by atoms with Crippen molar-refractivity contribution in [1.82, 2.24) is 0 Å². The molecule has 3 heteroatoms. The fourth-order valence-electron chi connectivity index (χ4n) is 4.40. The highest BCUT2D eigenvalue weighted by Gasteiger charge is 2.45. The van der Waals surface area contributed by atoms with Crippen LogP contribution in [0.25, 0.3) is 0 Å². The summed E-state index contributed by atoms with van der Waals surface area (Å²) in [6.07, 6.45) is 0. The second kappa shape index (κ2) is 8.00. The largest absolute Gasteiger partial charge is 0.469 e. The second-order valence-corrected chi connectivity index (χ2v) is 11.6. The molecule has 1 atom stereocenters. The molecule has 1 aliphatic heterocycles. The zero-order chi connectivity index (χ0) is 21.4. The van der Waals surface area contributed by atoms with Crippen molar-refractivity contribution >= 4 is 29.7 Å². The van der Waals surface area contributed by atoms with E-state index in [1.54, 1.807) is 0 Å². The first-order valence-electron chi connectivity index (χ1n) is 10.5. The third-order valence-electron chi connectivity index (χ3n) is 5.49. The lowest BCUT2D eigenvalue weighted by Gasteiger charge is -2.34. The van der Waals surface area contributed by atoms with Gasteiger partial charge in [0.15, 0.2) is 0 Å². The first kappa shape index (κ1) is 20.8. The molecular formula is C27H30NOP. The Bertz CT molecular complexity index is 996. The number of hydrogen-bond acceptors (Lipinski definition) is 2. The molecule has 154 valence electrons. The standard InChI is InChI=1S/C27H30NOP/c1-26(2,3)25-27(4,5)29-24(28-25)22-18-12-13-19-23(22)30(20-14-8-6-9-15-20)21-16-10-7-11-17-21/h6-19,25H,1-5H3/t25-/m0/s1. The van der Waals surface area contributed by atoms with Gasteiger partial charge in [-0.25, -0.2) is 4.99 Å². The van der Waals surface area contributed by atoms with Crippen molar-refractivity contribution in [2.45, 2.75) is 46.3 Å². The number of nitrogens with zero attached hydrogens (tertiary/aromatic N) is 1. The van der Waals surface area contributed by atoms with Gasteiger partial charge in [-0.15, -0.1) is 0 Å². The molecular weight excluding hydrogens is 385 g/mol. The number of benzene rings is 3. The van der Waals surface area contributed by atoms with Crippen LogP contribution in [0.1, 0.15) is 40.2 Å². The van der Waals surface area contributed by atoms with Gasteiger partial charge in [0.1, 0.15) is 5.60 Å². The summed E-state index contributed by atoms with van der Waals surface area (Å²) in [7, 11) is -0.717. The van der Waals surface area contributed by atoms with Gasteiger partial charge in [-0.05, 0) is 49.2 Å². The predicted molar refractivity (Wildman–Crippen MR) is 130 cm³/mol. The maximum Gasteiger partial charge on any atom is 0.217 e. The molecule has 3 aromatic rings. The first-order chi connectivity index (χ1) is 14.3. The summed E-state index contributed by atoms with van der Waals surface area (Å²) >= 11 is 0. The lowest BCUT2D eigenvalue weighted by atomic mass is 9.78. The monoisotopic (exact) mass is 415 g/mol. The van der Waals surface area contributed by atoms with Crippen LogP contribution in [0, 0.1) is 5.41 Å². The third kappa shape index (κ3) is 4.07. The topological polar surface area (TPSA) is 21.6 Å². The Morgan fingerprint density at radius 1 is 0.767 bits per heavy atom. The summed E-state index contributed by atoms with van der Waals surface area (Å²) in [6.45, 7) is 11.0. The van der Waals surface area contributed by atoms with E-state index < -0.39 is 7.92 Å². The molecule has 30 heavy (non-hydrogen) atoms. The third-order valence-corrected chi connectivity index (χ3v) is 7.99. The lowest BCUT2D eigenvalue weighted by molar-refractivity contribution is 0.0560. The van der Waals surface area contributed by atoms with Gasteiger partial charge in [0.05, 0.1) is 6.04 Å². The molecule has 0 saturated heterocycles. The van der Waals surface area contributed by atoms with E-state index in [4.69, 9.17) is 9.73 Å². The fraction of sp³-hybridized carbons (Fsp3) is 0.296. The molecule has 0 aromatic heterocycles. The van der Waals surface area contributed by atoms with Crippen LogP contribution in [-0.2, 0) is 4.74 Å². The highest BCUT2D eigenvalue weighted by Crippen LogP contribution is 2.40. The molecule has 1 aliphatic rings. The van der Waals surface area contributed by atoms with Gasteiger partial charge in [0, 0.05) is 5.56 Å². The van der Waals surface area contributed by atoms with Crippen LogP contribution in [0.2, 0.25) is 0 Å². The van der Waals surface area contributed by atoms with Crippen molar-refractivity contribution in [2.75, 3.05) is 0 Å². The van der Waals surface area contributed by atoms with Gasteiger partial charge in [-0.1, -0.05) is 99.6 Å². The Hall–Kier alpha value is -2.44. The average molecular weight is 416 g/mol. The molecule has 1 heterocycles. The van der Waals surface area contributed by atoms with Crippen molar-refractivity contribution < 1.29 is 4.74 Å². The highest BCUT2D eigenvalue weighted by atomic mass is 31.1. The molecule has 0 saturated carbocycles. The van der Waals surface area contributed by atoms with Crippen LogP contribution in [-0.4, -0.2) is 17.5 Å². The van der Waals surface area contributed by atoms with E-state index in [-0.39, 0.29) is 17.1 Å². The number of aliphatic imine (C=N–C) groups is 1. The maximum atomic E-state index is 6.50. The van der Waals surface area contributed by atoms with Crippen molar-refractivity contribution in [3.05, 3.63) is 90.5 Å². The summed E-state index contributed by atoms with van der Waals surface area (Å²) < 4.78 is 6.50. The molecule has 4 rings (SSSR count). The molecule has 0 aliphatic carbocycles. The molecule has 0 N–H and O–H groups in total. The molecule has 3 aromatic carbocycles. The van der Waals surface area contributed by atoms with Crippen LogP contribution in [0.5, 0.6) is 0 Å². The van der Waals surface area contributed by atoms with Crippen LogP contribution in [0.15, 0.2) is 89.9 Å². The Labute approximate surface area is 181 Å². The van der Waals surface area contributed by atoms with E-state index >= 15 is 0 Å². The van der Waals surface area contributed by atoms with Crippen LogP contribution >= 0.6 is 7.92 Å². The first-order valence-corrected chi connectivity index (χ1v) is 11.9. The van der Waals surface area contributed by atoms with E-state index in [9.17, 15) is 0 Å². The molecule has 0 bridgehead atoms.